The second kappa shape index (κ2) is 5.29. The van der Waals surface area contributed by atoms with Gasteiger partial charge in [0, 0.05) is 6.54 Å². The van der Waals surface area contributed by atoms with Crippen LogP contribution in [-0.2, 0) is 0 Å². The summed E-state index contributed by atoms with van der Waals surface area (Å²) in [4.78, 5) is 2.28. The fourth-order valence-electron chi connectivity index (χ4n) is 2.55. The molecule has 0 aliphatic carbocycles. The van der Waals surface area contributed by atoms with Crippen molar-refractivity contribution in [3.05, 3.63) is 0 Å². The molecule has 0 N–H and O–H groups in total. The van der Waals surface area contributed by atoms with Crippen LogP contribution in [0.1, 0.15) is 47.0 Å². The van der Waals surface area contributed by atoms with E-state index in [1.54, 1.807) is 13.8 Å². The maximum atomic E-state index is 13.5. The highest BCUT2D eigenvalue weighted by molar-refractivity contribution is 4.79. The summed E-state index contributed by atoms with van der Waals surface area (Å²) in [6, 6.07) is 0. The lowest BCUT2D eigenvalue weighted by atomic mass is 9.84. The van der Waals surface area contributed by atoms with Gasteiger partial charge in [-0.2, -0.15) is 0 Å². The number of halogens is 1. The number of nitrogens with zero attached hydrogens (tertiary/aromatic N) is 1. The van der Waals surface area contributed by atoms with Crippen molar-refractivity contribution in [3.8, 4) is 0 Å². The Labute approximate surface area is 94.0 Å². The third kappa shape index (κ3) is 4.50. The van der Waals surface area contributed by atoms with Crippen LogP contribution in [-0.4, -0.2) is 30.2 Å². The van der Waals surface area contributed by atoms with Crippen LogP contribution in [0.5, 0.6) is 0 Å². The van der Waals surface area contributed by atoms with Crippen LogP contribution in [0, 0.1) is 11.8 Å². The van der Waals surface area contributed by atoms with E-state index in [1.165, 1.54) is 19.3 Å². The van der Waals surface area contributed by atoms with E-state index in [1.807, 2.05) is 0 Å². The van der Waals surface area contributed by atoms with Crippen molar-refractivity contribution in [3.63, 3.8) is 0 Å². The van der Waals surface area contributed by atoms with E-state index in [9.17, 15) is 4.39 Å². The van der Waals surface area contributed by atoms with Gasteiger partial charge in [0.15, 0.2) is 0 Å². The number of piperidine rings is 1. The fourth-order valence-corrected chi connectivity index (χ4v) is 2.55. The van der Waals surface area contributed by atoms with Gasteiger partial charge >= 0.3 is 0 Å². The van der Waals surface area contributed by atoms with E-state index in [-0.39, 0.29) is 0 Å². The third-order valence-electron chi connectivity index (χ3n) is 3.68. The first-order valence-electron chi connectivity index (χ1n) is 6.33. The van der Waals surface area contributed by atoms with E-state index < -0.39 is 5.67 Å². The Morgan fingerprint density at radius 3 is 2.27 bits per heavy atom. The number of rotatable bonds is 4. The van der Waals surface area contributed by atoms with Crippen LogP contribution in [0.25, 0.3) is 0 Å². The topological polar surface area (TPSA) is 3.24 Å². The first-order valence-corrected chi connectivity index (χ1v) is 6.33. The summed E-state index contributed by atoms with van der Waals surface area (Å²) < 4.78 is 13.5. The Morgan fingerprint density at radius 1 is 1.33 bits per heavy atom. The Morgan fingerprint density at radius 2 is 1.87 bits per heavy atom. The summed E-state index contributed by atoms with van der Waals surface area (Å²) in [5, 5.41) is 0. The first kappa shape index (κ1) is 13.0. The highest BCUT2D eigenvalue weighted by Crippen LogP contribution is 2.27. The fraction of sp³-hybridized carbons (Fsp3) is 1.00. The zero-order valence-electron chi connectivity index (χ0n) is 10.7. The van der Waals surface area contributed by atoms with Gasteiger partial charge in [-0.05, 0) is 51.6 Å². The van der Waals surface area contributed by atoms with Gasteiger partial charge in [0.2, 0.25) is 0 Å². The molecule has 1 heterocycles. The smallest absolute Gasteiger partial charge is 0.118 e. The zero-order valence-corrected chi connectivity index (χ0v) is 10.7. The molecule has 0 bridgehead atoms. The summed E-state index contributed by atoms with van der Waals surface area (Å²) in [7, 11) is 0. The van der Waals surface area contributed by atoms with Crippen LogP contribution < -0.4 is 0 Å². The highest BCUT2D eigenvalue weighted by atomic mass is 19.1. The molecule has 0 aromatic carbocycles. The molecular weight excluding hydrogens is 189 g/mol. The summed E-state index contributed by atoms with van der Waals surface area (Å²) in [6.45, 7) is 10.7. The van der Waals surface area contributed by atoms with Crippen LogP contribution >= 0.6 is 0 Å². The van der Waals surface area contributed by atoms with Gasteiger partial charge in [-0.1, -0.05) is 20.3 Å². The average molecular weight is 215 g/mol. The molecule has 1 unspecified atom stereocenters. The average Bonchev–Trinajstić information content (AvgIpc) is 2.15. The number of hydrogen-bond donors (Lipinski definition) is 0. The summed E-state index contributed by atoms with van der Waals surface area (Å²) in [5.74, 6) is 1.71. The van der Waals surface area contributed by atoms with Crippen molar-refractivity contribution in [2.75, 3.05) is 19.6 Å². The number of alkyl halides is 1. The van der Waals surface area contributed by atoms with Crippen LogP contribution in [0.15, 0.2) is 0 Å². The monoisotopic (exact) mass is 215 g/mol. The molecule has 90 valence electrons. The maximum absolute atomic E-state index is 13.5. The highest BCUT2D eigenvalue weighted by Gasteiger charge is 2.26. The Hall–Kier alpha value is -0.110. The zero-order chi connectivity index (χ0) is 11.5. The standard InChI is InChI=1S/C13H26FN/c1-5-11(2)12-6-8-15(9-7-12)10-13(3,4)14/h11-12H,5-10H2,1-4H3. The molecule has 2 heteroatoms. The first-order chi connectivity index (χ1) is 6.92. The molecule has 1 atom stereocenters. The van der Waals surface area contributed by atoms with E-state index in [0.29, 0.717) is 6.54 Å². The molecule has 0 aromatic heterocycles. The normalized spacial score (nSPS) is 23.0. The van der Waals surface area contributed by atoms with E-state index in [2.05, 4.69) is 18.7 Å². The van der Waals surface area contributed by atoms with E-state index in [0.717, 1.165) is 24.9 Å². The Kier molecular flexibility index (Phi) is 4.57. The van der Waals surface area contributed by atoms with Crippen molar-refractivity contribution in [2.24, 2.45) is 11.8 Å². The van der Waals surface area contributed by atoms with Crippen molar-refractivity contribution >= 4 is 0 Å². The van der Waals surface area contributed by atoms with Gasteiger partial charge in [-0.15, -0.1) is 0 Å². The molecular formula is C13H26FN. The largest absolute Gasteiger partial charge is 0.300 e. The van der Waals surface area contributed by atoms with E-state index in [4.69, 9.17) is 0 Å². The van der Waals surface area contributed by atoms with Gasteiger partial charge in [-0.25, -0.2) is 4.39 Å². The quantitative estimate of drug-likeness (QED) is 0.694. The molecule has 1 saturated heterocycles. The summed E-state index contributed by atoms with van der Waals surface area (Å²) >= 11 is 0. The minimum Gasteiger partial charge on any atom is -0.300 e. The van der Waals surface area contributed by atoms with Crippen LogP contribution in [0.2, 0.25) is 0 Å². The molecule has 0 aromatic rings. The van der Waals surface area contributed by atoms with Gasteiger partial charge in [-0.3, -0.25) is 0 Å². The lowest BCUT2D eigenvalue weighted by molar-refractivity contribution is 0.0843. The Balaban J connectivity index is 2.30. The molecule has 15 heavy (non-hydrogen) atoms. The van der Waals surface area contributed by atoms with Gasteiger partial charge in [0.05, 0.1) is 0 Å². The molecule has 1 rings (SSSR count). The molecule has 1 nitrogen and oxygen atoms in total. The molecule has 0 amide bonds. The van der Waals surface area contributed by atoms with Gasteiger partial charge in [0.25, 0.3) is 0 Å². The van der Waals surface area contributed by atoms with Crippen molar-refractivity contribution in [2.45, 2.75) is 52.6 Å². The summed E-state index contributed by atoms with van der Waals surface area (Å²) in [5.41, 5.74) is -1.04. The second-order valence-corrected chi connectivity index (χ2v) is 5.72. The summed E-state index contributed by atoms with van der Waals surface area (Å²) in [6.07, 6.45) is 3.79. The second-order valence-electron chi connectivity index (χ2n) is 5.72. The number of likely N-dealkylation sites (tertiary alicyclic amines) is 1. The maximum Gasteiger partial charge on any atom is 0.118 e. The lowest BCUT2D eigenvalue weighted by Crippen LogP contribution is -2.41. The van der Waals surface area contributed by atoms with Crippen LogP contribution in [0.4, 0.5) is 4.39 Å². The predicted octanol–water partition coefficient (Wildman–Crippen LogP) is 3.49. The molecule has 0 saturated carbocycles. The van der Waals surface area contributed by atoms with Gasteiger partial charge < -0.3 is 4.90 Å². The van der Waals surface area contributed by atoms with Crippen molar-refractivity contribution in [1.29, 1.82) is 0 Å². The SMILES string of the molecule is CCC(C)C1CCN(CC(C)(C)F)CC1. The minimum absolute atomic E-state index is 0.597. The lowest BCUT2D eigenvalue weighted by Gasteiger charge is -2.36. The minimum atomic E-state index is -1.04. The Bertz CT molecular complexity index is 177. The molecule has 1 fully saturated rings. The van der Waals surface area contributed by atoms with Gasteiger partial charge in [0.1, 0.15) is 5.67 Å². The number of hydrogen-bond acceptors (Lipinski definition) is 1. The van der Waals surface area contributed by atoms with E-state index >= 15 is 0 Å². The molecule has 0 spiro atoms. The third-order valence-corrected chi connectivity index (χ3v) is 3.68. The van der Waals surface area contributed by atoms with Crippen LogP contribution in [0.3, 0.4) is 0 Å². The molecule has 1 aliphatic heterocycles. The van der Waals surface area contributed by atoms with Crippen molar-refractivity contribution < 1.29 is 4.39 Å². The van der Waals surface area contributed by atoms with Crippen molar-refractivity contribution in [1.82, 2.24) is 4.90 Å². The predicted molar refractivity (Wildman–Crippen MR) is 63.8 cm³/mol. The molecule has 0 radical (unpaired) electrons. The molecule has 1 aliphatic rings.